The molecule has 1 heterocycles. The highest BCUT2D eigenvalue weighted by molar-refractivity contribution is 6.39. The van der Waals surface area contributed by atoms with Crippen molar-refractivity contribution >= 4 is 28.4 Å². The van der Waals surface area contributed by atoms with Gasteiger partial charge in [0.1, 0.15) is 0 Å². The first-order chi connectivity index (χ1) is 12.0. The molecule has 0 radical (unpaired) electrons. The van der Waals surface area contributed by atoms with Crippen molar-refractivity contribution in [2.75, 3.05) is 18.9 Å². The molecule has 0 saturated heterocycles. The summed E-state index contributed by atoms with van der Waals surface area (Å²) in [6, 6.07) is 7.55. The number of hydrogen-bond donors (Lipinski definition) is 2. The van der Waals surface area contributed by atoms with E-state index in [0.29, 0.717) is 12.2 Å². The second-order valence-electron chi connectivity index (χ2n) is 6.95. The number of aliphatic hydroxyl groups is 1. The SMILES string of the molecule is CN(CC1CCCCC1O)C(=O)C(=O)Nc1ccc2ccn(C)c2c1. The Labute approximate surface area is 147 Å². The van der Waals surface area contributed by atoms with Gasteiger partial charge in [-0.25, -0.2) is 0 Å². The number of carbonyl (C=O) groups excluding carboxylic acids is 2. The van der Waals surface area contributed by atoms with Crippen molar-refractivity contribution < 1.29 is 14.7 Å². The van der Waals surface area contributed by atoms with Gasteiger partial charge in [-0.15, -0.1) is 0 Å². The molecule has 0 bridgehead atoms. The number of anilines is 1. The number of rotatable bonds is 3. The third kappa shape index (κ3) is 3.85. The van der Waals surface area contributed by atoms with Crippen molar-refractivity contribution in [1.82, 2.24) is 9.47 Å². The number of benzene rings is 1. The number of carbonyl (C=O) groups is 2. The van der Waals surface area contributed by atoms with E-state index in [0.717, 1.165) is 36.6 Å². The van der Waals surface area contributed by atoms with Crippen LogP contribution in [-0.4, -0.2) is 46.1 Å². The number of nitrogens with zero attached hydrogens (tertiary/aromatic N) is 2. The molecular weight excluding hydrogens is 318 g/mol. The Morgan fingerprint density at radius 1 is 1.28 bits per heavy atom. The number of hydrogen-bond acceptors (Lipinski definition) is 3. The van der Waals surface area contributed by atoms with Gasteiger partial charge >= 0.3 is 11.8 Å². The molecule has 1 fully saturated rings. The second-order valence-corrected chi connectivity index (χ2v) is 6.95. The summed E-state index contributed by atoms with van der Waals surface area (Å²) in [6.07, 6.45) is 5.32. The molecular formula is C19H25N3O3. The molecule has 1 aliphatic carbocycles. The maximum absolute atomic E-state index is 12.3. The maximum atomic E-state index is 12.3. The number of nitrogens with one attached hydrogen (secondary N) is 1. The largest absolute Gasteiger partial charge is 0.393 e. The molecule has 2 unspecified atom stereocenters. The summed E-state index contributed by atoms with van der Waals surface area (Å²) in [5, 5.41) is 13.8. The van der Waals surface area contributed by atoms with Gasteiger partial charge in [0.2, 0.25) is 0 Å². The van der Waals surface area contributed by atoms with Crippen LogP contribution in [0.15, 0.2) is 30.5 Å². The fourth-order valence-corrected chi connectivity index (χ4v) is 3.53. The number of likely N-dealkylation sites (N-methyl/N-ethyl adjacent to an activating group) is 1. The van der Waals surface area contributed by atoms with Gasteiger partial charge in [0.15, 0.2) is 0 Å². The fraction of sp³-hybridized carbons (Fsp3) is 0.474. The first kappa shape index (κ1) is 17.5. The molecule has 1 saturated carbocycles. The van der Waals surface area contributed by atoms with E-state index in [-0.39, 0.29) is 12.0 Å². The van der Waals surface area contributed by atoms with Crippen LogP contribution in [-0.2, 0) is 16.6 Å². The number of amides is 2. The molecule has 1 aromatic carbocycles. The highest BCUT2D eigenvalue weighted by Crippen LogP contribution is 2.25. The van der Waals surface area contributed by atoms with Crippen molar-refractivity contribution in [3.8, 4) is 0 Å². The zero-order chi connectivity index (χ0) is 18.0. The predicted octanol–water partition coefficient (Wildman–Crippen LogP) is 2.13. The quantitative estimate of drug-likeness (QED) is 0.839. The molecule has 6 heteroatoms. The topological polar surface area (TPSA) is 74.6 Å². The van der Waals surface area contributed by atoms with Gasteiger partial charge in [-0.2, -0.15) is 0 Å². The normalized spacial score (nSPS) is 20.4. The standard InChI is InChI=1S/C19H25N3O3/c1-21-10-9-13-7-8-15(11-16(13)21)20-18(24)19(25)22(2)12-14-5-3-4-6-17(14)23/h7-11,14,17,23H,3-6,12H2,1-2H3,(H,20,24). The Hall–Kier alpha value is -2.34. The summed E-state index contributed by atoms with van der Waals surface area (Å²) >= 11 is 0. The van der Waals surface area contributed by atoms with Crippen LogP contribution in [0.5, 0.6) is 0 Å². The van der Waals surface area contributed by atoms with E-state index in [4.69, 9.17) is 0 Å². The lowest BCUT2D eigenvalue weighted by Gasteiger charge is -2.30. The van der Waals surface area contributed by atoms with Crippen molar-refractivity contribution in [2.24, 2.45) is 13.0 Å². The van der Waals surface area contributed by atoms with Crippen LogP contribution in [0.3, 0.4) is 0 Å². The summed E-state index contributed by atoms with van der Waals surface area (Å²) in [4.78, 5) is 26.0. The summed E-state index contributed by atoms with van der Waals surface area (Å²) in [5.41, 5.74) is 1.59. The van der Waals surface area contributed by atoms with E-state index in [9.17, 15) is 14.7 Å². The lowest BCUT2D eigenvalue weighted by Crippen LogP contribution is -2.42. The van der Waals surface area contributed by atoms with Crippen LogP contribution in [0.25, 0.3) is 10.9 Å². The van der Waals surface area contributed by atoms with Crippen LogP contribution in [0, 0.1) is 5.92 Å². The Morgan fingerprint density at radius 3 is 2.80 bits per heavy atom. The molecule has 6 nitrogen and oxygen atoms in total. The van der Waals surface area contributed by atoms with Crippen molar-refractivity contribution in [3.63, 3.8) is 0 Å². The van der Waals surface area contributed by atoms with Gasteiger partial charge in [-0.05, 0) is 36.4 Å². The van der Waals surface area contributed by atoms with Crippen molar-refractivity contribution in [2.45, 2.75) is 31.8 Å². The number of fused-ring (bicyclic) bond motifs is 1. The Balaban J connectivity index is 1.62. The van der Waals surface area contributed by atoms with Gasteiger partial charge in [-0.1, -0.05) is 18.9 Å². The Bertz CT molecular complexity index is 783. The first-order valence-electron chi connectivity index (χ1n) is 8.75. The summed E-state index contributed by atoms with van der Waals surface area (Å²) < 4.78 is 1.96. The summed E-state index contributed by atoms with van der Waals surface area (Å²) in [7, 11) is 3.55. The molecule has 3 rings (SSSR count). The van der Waals surface area contributed by atoms with Crippen molar-refractivity contribution in [1.29, 1.82) is 0 Å². The minimum absolute atomic E-state index is 0.0511. The lowest BCUT2D eigenvalue weighted by atomic mass is 9.86. The van der Waals surface area contributed by atoms with Gasteiger partial charge in [0.05, 0.1) is 6.10 Å². The smallest absolute Gasteiger partial charge is 0.313 e. The minimum atomic E-state index is -0.652. The third-order valence-electron chi connectivity index (χ3n) is 5.06. The zero-order valence-electron chi connectivity index (χ0n) is 14.7. The number of aliphatic hydroxyl groups excluding tert-OH is 1. The Kier molecular flexibility index (Phi) is 5.08. The average Bonchev–Trinajstić information content (AvgIpc) is 2.97. The molecule has 2 N–H and O–H groups in total. The molecule has 2 atom stereocenters. The lowest BCUT2D eigenvalue weighted by molar-refractivity contribution is -0.143. The van der Waals surface area contributed by atoms with Gasteiger partial charge < -0.3 is 19.9 Å². The van der Waals surface area contributed by atoms with Gasteiger partial charge in [0, 0.05) is 44.0 Å². The van der Waals surface area contributed by atoms with Crippen LogP contribution in [0.2, 0.25) is 0 Å². The summed E-state index contributed by atoms with van der Waals surface area (Å²) in [5.74, 6) is -1.18. The molecule has 2 aromatic rings. The van der Waals surface area contributed by atoms with E-state index in [1.165, 1.54) is 4.90 Å². The second kappa shape index (κ2) is 7.27. The van der Waals surface area contributed by atoms with Crippen LogP contribution >= 0.6 is 0 Å². The predicted molar refractivity (Wildman–Crippen MR) is 97.2 cm³/mol. The van der Waals surface area contributed by atoms with Gasteiger partial charge in [-0.3, -0.25) is 9.59 Å². The van der Waals surface area contributed by atoms with E-state index < -0.39 is 11.8 Å². The Morgan fingerprint density at radius 2 is 2.04 bits per heavy atom. The van der Waals surface area contributed by atoms with E-state index >= 15 is 0 Å². The average molecular weight is 343 g/mol. The first-order valence-corrected chi connectivity index (χ1v) is 8.75. The minimum Gasteiger partial charge on any atom is -0.393 e. The van der Waals surface area contributed by atoms with Crippen molar-refractivity contribution in [3.05, 3.63) is 30.5 Å². The highest BCUT2D eigenvalue weighted by atomic mass is 16.3. The van der Waals surface area contributed by atoms with Gasteiger partial charge in [0.25, 0.3) is 0 Å². The molecule has 134 valence electrons. The van der Waals surface area contributed by atoms with Crippen LogP contribution < -0.4 is 5.32 Å². The molecule has 0 spiro atoms. The third-order valence-corrected chi connectivity index (χ3v) is 5.06. The molecule has 1 aliphatic rings. The zero-order valence-corrected chi connectivity index (χ0v) is 14.7. The molecule has 25 heavy (non-hydrogen) atoms. The fourth-order valence-electron chi connectivity index (χ4n) is 3.53. The van der Waals surface area contributed by atoms with E-state index in [1.54, 1.807) is 13.1 Å². The number of aryl methyl sites for hydroxylation is 1. The molecule has 2 amide bonds. The van der Waals surface area contributed by atoms with E-state index in [2.05, 4.69) is 5.32 Å². The highest BCUT2D eigenvalue weighted by Gasteiger charge is 2.27. The molecule has 1 aromatic heterocycles. The van der Waals surface area contributed by atoms with E-state index in [1.807, 2.05) is 36.0 Å². The molecule has 0 aliphatic heterocycles. The monoisotopic (exact) mass is 343 g/mol. The van der Waals surface area contributed by atoms with Crippen LogP contribution in [0.1, 0.15) is 25.7 Å². The summed E-state index contributed by atoms with van der Waals surface area (Å²) in [6.45, 7) is 0.407. The maximum Gasteiger partial charge on any atom is 0.313 e. The van der Waals surface area contributed by atoms with Crippen LogP contribution in [0.4, 0.5) is 5.69 Å². The number of aromatic nitrogens is 1.